The molecular formula is C18H29ClFN3O2S. The molecule has 0 spiro atoms. The number of rotatable bonds is 6. The number of hydrogen-bond donors (Lipinski definition) is 2. The molecule has 148 valence electrons. The van der Waals surface area contributed by atoms with Crippen LogP contribution >= 0.6 is 11.6 Å². The first-order chi connectivity index (χ1) is 11.8. The number of guanidine groups is 1. The highest BCUT2D eigenvalue weighted by atomic mass is 35.5. The molecule has 0 unspecified atom stereocenters. The van der Waals surface area contributed by atoms with Crippen molar-refractivity contribution in [3.63, 3.8) is 0 Å². The van der Waals surface area contributed by atoms with Crippen LogP contribution in [0, 0.1) is 5.82 Å². The van der Waals surface area contributed by atoms with Crippen molar-refractivity contribution in [3.8, 4) is 0 Å². The van der Waals surface area contributed by atoms with Crippen molar-refractivity contribution in [2.45, 2.75) is 44.8 Å². The summed E-state index contributed by atoms with van der Waals surface area (Å²) in [5, 5.41) is 6.55. The third-order valence-electron chi connectivity index (χ3n) is 4.18. The van der Waals surface area contributed by atoms with Crippen LogP contribution in [0.1, 0.15) is 40.2 Å². The maximum Gasteiger partial charge on any atom is 0.191 e. The molecule has 1 aromatic rings. The molecule has 0 fully saturated rings. The average molecular weight is 406 g/mol. The zero-order valence-corrected chi connectivity index (χ0v) is 17.9. The van der Waals surface area contributed by atoms with Gasteiger partial charge in [-0.1, -0.05) is 31.5 Å². The number of nitrogens with one attached hydrogen (secondary N) is 2. The quantitative estimate of drug-likeness (QED) is 0.563. The molecule has 1 aromatic carbocycles. The lowest BCUT2D eigenvalue weighted by molar-refractivity contribution is 0.507. The van der Waals surface area contributed by atoms with Gasteiger partial charge in [-0.3, -0.25) is 4.99 Å². The molecular weight excluding hydrogens is 377 g/mol. The van der Waals surface area contributed by atoms with E-state index < -0.39 is 14.6 Å². The first-order valence-electron chi connectivity index (χ1n) is 8.42. The first-order valence-corrected chi connectivity index (χ1v) is 10.5. The summed E-state index contributed by atoms with van der Waals surface area (Å²) in [7, 11) is -1.58. The molecule has 1 rings (SSSR count). The maximum absolute atomic E-state index is 13.2. The molecule has 26 heavy (non-hydrogen) atoms. The summed E-state index contributed by atoms with van der Waals surface area (Å²) in [6.45, 7) is 9.77. The van der Waals surface area contributed by atoms with Gasteiger partial charge in [-0.2, -0.15) is 0 Å². The van der Waals surface area contributed by atoms with Gasteiger partial charge in [0.05, 0.1) is 10.5 Å². The Morgan fingerprint density at radius 1 is 1.19 bits per heavy atom. The highest BCUT2D eigenvalue weighted by Gasteiger charge is 2.28. The summed E-state index contributed by atoms with van der Waals surface area (Å²) in [4.78, 5) is 4.11. The van der Waals surface area contributed by atoms with Crippen LogP contribution in [-0.2, 0) is 15.3 Å². The lowest BCUT2D eigenvalue weighted by Crippen LogP contribution is -2.45. The van der Waals surface area contributed by atoms with E-state index in [0.29, 0.717) is 17.5 Å². The second-order valence-corrected chi connectivity index (χ2v) is 11.1. The topological polar surface area (TPSA) is 70.6 Å². The third-order valence-corrected chi connectivity index (χ3v) is 7.10. The monoisotopic (exact) mass is 405 g/mol. The Morgan fingerprint density at radius 3 is 2.31 bits per heavy atom. The van der Waals surface area contributed by atoms with Crippen molar-refractivity contribution in [2.24, 2.45) is 4.99 Å². The van der Waals surface area contributed by atoms with E-state index >= 15 is 0 Å². The van der Waals surface area contributed by atoms with E-state index in [9.17, 15) is 12.8 Å². The smallest absolute Gasteiger partial charge is 0.191 e. The molecule has 2 N–H and O–H groups in total. The Hall–Kier alpha value is -1.34. The second-order valence-electron chi connectivity index (χ2n) is 7.79. The van der Waals surface area contributed by atoms with E-state index in [0.717, 1.165) is 5.56 Å². The highest BCUT2D eigenvalue weighted by molar-refractivity contribution is 7.92. The van der Waals surface area contributed by atoms with Gasteiger partial charge in [0.1, 0.15) is 5.82 Å². The molecule has 0 heterocycles. The van der Waals surface area contributed by atoms with Gasteiger partial charge in [-0.05, 0) is 38.5 Å². The van der Waals surface area contributed by atoms with Gasteiger partial charge in [0, 0.05) is 30.6 Å². The van der Waals surface area contributed by atoms with Crippen LogP contribution < -0.4 is 10.6 Å². The molecule has 0 aliphatic rings. The summed E-state index contributed by atoms with van der Waals surface area (Å²) >= 11 is 6.16. The second kappa shape index (κ2) is 8.57. The molecule has 0 aliphatic heterocycles. The number of nitrogens with zero attached hydrogens (tertiary/aromatic N) is 1. The minimum atomic E-state index is -3.20. The van der Waals surface area contributed by atoms with Crippen molar-refractivity contribution in [2.75, 3.05) is 25.9 Å². The Morgan fingerprint density at radius 2 is 1.81 bits per heavy atom. The van der Waals surface area contributed by atoms with Gasteiger partial charge in [0.15, 0.2) is 15.8 Å². The van der Waals surface area contributed by atoms with Crippen molar-refractivity contribution >= 4 is 27.4 Å². The maximum atomic E-state index is 13.2. The van der Waals surface area contributed by atoms with Crippen LogP contribution in [-0.4, -0.2) is 45.0 Å². The Labute approximate surface area is 161 Å². The number of aliphatic imine (C=N–C) groups is 1. The zero-order chi connectivity index (χ0) is 20.2. The number of halogens is 2. The van der Waals surface area contributed by atoms with Crippen molar-refractivity contribution < 1.29 is 12.8 Å². The van der Waals surface area contributed by atoms with E-state index in [2.05, 4.69) is 15.6 Å². The zero-order valence-electron chi connectivity index (χ0n) is 16.3. The van der Waals surface area contributed by atoms with Crippen LogP contribution in [0.5, 0.6) is 0 Å². The lowest BCUT2D eigenvalue weighted by atomic mass is 9.84. The molecule has 0 amide bonds. The molecule has 0 saturated heterocycles. The van der Waals surface area contributed by atoms with Crippen LogP contribution in [0.4, 0.5) is 4.39 Å². The molecule has 0 saturated carbocycles. The van der Waals surface area contributed by atoms with Gasteiger partial charge >= 0.3 is 0 Å². The standard InChI is InChI=1S/C18H29ClFN3O2S/c1-17(2,3)26(24,25)10-9-22-16(21-6)23-12-18(4,5)14-8-7-13(20)11-15(14)19/h7-8,11H,9-10,12H2,1-6H3,(H2,21,22,23). The Kier molecular flexibility index (Phi) is 7.48. The van der Waals surface area contributed by atoms with E-state index in [1.807, 2.05) is 13.8 Å². The van der Waals surface area contributed by atoms with Gasteiger partial charge in [0.2, 0.25) is 0 Å². The third kappa shape index (κ3) is 6.13. The van der Waals surface area contributed by atoms with Crippen LogP contribution in [0.15, 0.2) is 23.2 Å². The lowest BCUT2D eigenvalue weighted by Gasteiger charge is -2.28. The number of benzene rings is 1. The fourth-order valence-electron chi connectivity index (χ4n) is 2.27. The summed E-state index contributed by atoms with van der Waals surface area (Å²) < 4.78 is 36.7. The molecule has 5 nitrogen and oxygen atoms in total. The fraction of sp³-hybridized carbons (Fsp3) is 0.611. The molecule has 8 heteroatoms. The van der Waals surface area contributed by atoms with Crippen LogP contribution in [0.25, 0.3) is 0 Å². The highest BCUT2D eigenvalue weighted by Crippen LogP contribution is 2.29. The summed E-state index contributed by atoms with van der Waals surface area (Å²) in [5.41, 5.74) is 0.443. The van der Waals surface area contributed by atoms with Gasteiger partial charge < -0.3 is 10.6 Å². The Bertz CT molecular complexity index is 756. The van der Waals surface area contributed by atoms with E-state index in [4.69, 9.17) is 11.6 Å². The van der Waals surface area contributed by atoms with E-state index in [-0.39, 0.29) is 23.5 Å². The number of sulfone groups is 1. The van der Waals surface area contributed by atoms with Gasteiger partial charge in [0.25, 0.3) is 0 Å². The van der Waals surface area contributed by atoms with E-state index in [1.54, 1.807) is 33.9 Å². The molecule has 0 atom stereocenters. The van der Waals surface area contributed by atoms with Crippen LogP contribution in [0.3, 0.4) is 0 Å². The predicted octanol–water partition coefficient (Wildman–Crippen LogP) is 3.14. The predicted molar refractivity (Wildman–Crippen MR) is 107 cm³/mol. The van der Waals surface area contributed by atoms with Crippen LogP contribution in [0.2, 0.25) is 5.02 Å². The van der Waals surface area contributed by atoms with Gasteiger partial charge in [-0.25, -0.2) is 12.8 Å². The summed E-state index contributed by atoms with van der Waals surface area (Å²) in [5.74, 6) is 0.144. The van der Waals surface area contributed by atoms with Crippen molar-refractivity contribution in [3.05, 3.63) is 34.6 Å². The summed E-state index contributed by atoms with van der Waals surface area (Å²) in [6.07, 6.45) is 0. The average Bonchev–Trinajstić information content (AvgIpc) is 2.49. The molecule has 0 aromatic heterocycles. The first kappa shape index (κ1) is 22.7. The fourth-order valence-corrected chi connectivity index (χ4v) is 3.68. The molecule has 0 aliphatic carbocycles. The largest absolute Gasteiger partial charge is 0.356 e. The summed E-state index contributed by atoms with van der Waals surface area (Å²) in [6, 6.07) is 4.35. The molecule has 0 bridgehead atoms. The Balaban J connectivity index is 2.66. The SMILES string of the molecule is CN=C(NCCS(=O)(=O)C(C)(C)C)NCC(C)(C)c1ccc(F)cc1Cl. The minimum absolute atomic E-state index is 0.0182. The number of hydrogen-bond acceptors (Lipinski definition) is 3. The van der Waals surface area contributed by atoms with Gasteiger partial charge in [-0.15, -0.1) is 0 Å². The van der Waals surface area contributed by atoms with Crippen molar-refractivity contribution in [1.82, 2.24) is 10.6 Å². The molecule has 0 radical (unpaired) electrons. The van der Waals surface area contributed by atoms with Crippen molar-refractivity contribution in [1.29, 1.82) is 0 Å². The normalized spacial score (nSPS) is 13.6. The van der Waals surface area contributed by atoms with E-state index in [1.165, 1.54) is 12.1 Å². The minimum Gasteiger partial charge on any atom is -0.356 e.